The van der Waals surface area contributed by atoms with Crippen LogP contribution in [0.2, 0.25) is 5.15 Å². The van der Waals surface area contributed by atoms with E-state index in [9.17, 15) is 0 Å². The van der Waals surface area contributed by atoms with E-state index in [4.69, 9.17) is 11.6 Å². The molecule has 2 heterocycles. The van der Waals surface area contributed by atoms with Crippen LogP contribution < -0.4 is 0 Å². The Morgan fingerprint density at radius 2 is 1.80 bits per heavy atom. The van der Waals surface area contributed by atoms with Crippen LogP contribution in [0.1, 0.15) is 17.0 Å². The van der Waals surface area contributed by atoms with E-state index in [2.05, 4.69) is 23.0 Å². The van der Waals surface area contributed by atoms with E-state index in [0.717, 1.165) is 22.0 Å². The molecule has 2 rings (SSSR count). The number of nitrogens with zero attached hydrogens (tertiary/aromatic N) is 2. The third-order valence-corrected chi connectivity index (χ3v) is 3.63. The van der Waals surface area contributed by atoms with Crippen LogP contribution in [0.4, 0.5) is 0 Å². The first-order valence-corrected chi connectivity index (χ1v) is 5.90. The zero-order chi connectivity index (χ0) is 11.0. The first-order chi connectivity index (χ1) is 7.09. The second-order valence-corrected chi connectivity index (χ2v) is 4.74. The third-order valence-electron chi connectivity index (χ3n) is 2.34. The van der Waals surface area contributed by atoms with Gasteiger partial charge >= 0.3 is 0 Å². The van der Waals surface area contributed by atoms with Crippen molar-refractivity contribution in [2.24, 2.45) is 0 Å². The first-order valence-electron chi connectivity index (χ1n) is 4.65. The number of aromatic nitrogens is 2. The number of halogens is 1. The zero-order valence-electron chi connectivity index (χ0n) is 8.84. The van der Waals surface area contributed by atoms with Gasteiger partial charge in [0.25, 0.3) is 0 Å². The molecule has 0 spiro atoms. The van der Waals surface area contributed by atoms with Crippen molar-refractivity contribution in [1.29, 1.82) is 0 Å². The Kier molecular flexibility index (Phi) is 2.76. The molecule has 0 fully saturated rings. The zero-order valence-corrected chi connectivity index (χ0v) is 10.4. The van der Waals surface area contributed by atoms with Gasteiger partial charge in [0.05, 0.1) is 16.3 Å². The van der Waals surface area contributed by atoms with E-state index in [1.165, 1.54) is 5.56 Å². The highest BCUT2D eigenvalue weighted by Crippen LogP contribution is 2.32. The molecule has 2 aromatic heterocycles. The lowest BCUT2D eigenvalue weighted by Crippen LogP contribution is -1.95. The number of hydrogen-bond acceptors (Lipinski definition) is 3. The average molecular weight is 239 g/mol. The third kappa shape index (κ3) is 1.90. The Hall–Kier alpha value is -0.930. The topological polar surface area (TPSA) is 25.8 Å². The molecule has 0 N–H and O–H groups in total. The molecule has 15 heavy (non-hydrogen) atoms. The van der Waals surface area contributed by atoms with Crippen molar-refractivity contribution in [2.45, 2.75) is 20.8 Å². The molecule has 78 valence electrons. The molecule has 0 saturated heterocycles. The molecule has 0 amide bonds. The van der Waals surface area contributed by atoms with Crippen molar-refractivity contribution in [3.8, 4) is 10.6 Å². The predicted octanol–water partition coefficient (Wildman–Crippen LogP) is 3.78. The van der Waals surface area contributed by atoms with Crippen LogP contribution in [0, 0.1) is 20.8 Å². The fraction of sp³-hybridized carbons (Fsp3) is 0.273. The van der Waals surface area contributed by atoms with Crippen LogP contribution in [-0.4, -0.2) is 9.97 Å². The van der Waals surface area contributed by atoms with E-state index in [0.29, 0.717) is 5.15 Å². The second-order valence-electron chi connectivity index (χ2n) is 3.47. The Bertz CT molecular complexity index is 505. The maximum atomic E-state index is 6.10. The van der Waals surface area contributed by atoms with Crippen LogP contribution in [0.25, 0.3) is 10.6 Å². The van der Waals surface area contributed by atoms with Crippen molar-refractivity contribution < 1.29 is 0 Å². The number of rotatable bonds is 1. The molecule has 0 radical (unpaired) electrons. The van der Waals surface area contributed by atoms with Crippen molar-refractivity contribution in [3.05, 3.63) is 33.6 Å². The summed E-state index contributed by atoms with van der Waals surface area (Å²) in [6.45, 7) is 5.92. The monoisotopic (exact) mass is 238 g/mol. The molecule has 0 aliphatic carbocycles. The summed E-state index contributed by atoms with van der Waals surface area (Å²) in [5.41, 5.74) is 3.81. The van der Waals surface area contributed by atoms with Crippen molar-refractivity contribution in [3.63, 3.8) is 0 Å². The predicted molar refractivity (Wildman–Crippen MR) is 64.6 cm³/mol. The Labute approximate surface area is 98.0 Å². The molecule has 0 aliphatic rings. The van der Waals surface area contributed by atoms with Gasteiger partial charge in [-0.25, -0.2) is 9.97 Å². The normalized spacial score (nSPS) is 10.7. The van der Waals surface area contributed by atoms with Gasteiger partial charge in [-0.2, -0.15) is 0 Å². The van der Waals surface area contributed by atoms with Crippen LogP contribution >= 0.6 is 22.9 Å². The van der Waals surface area contributed by atoms with Crippen LogP contribution in [0.3, 0.4) is 0 Å². The lowest BCUT2D eigenvalue weighted by molar-refractivity contribution is 1.05. The first kappa shape index (κ1) is 10.6. The smallest absolute Gasteiger partial charge is 0.156 e. The standard InChI is InChI=1S/C11H11ClN2S/c1-6-4-5-15-10(6)9-11(12)14-8(3)7(2)13-9/h4-5H,1-3H3. The van der Waals surface area contributed by atoms with Crippen molar-refractivity contribution in [1.82, 2.24) is 9.97 Å². The maximum Gasteiger partial charge on any atom is 0.156 e. The summed E-state index contributed by atoms with van der Waals surface area (Å²) in [6.07, 6.45) is 0. The second kappa shape index (κ2) is 3.91. The lowest BCUT2D eigenvalue weighted by atomic mass is 10.2. The summed E-state index contributed by atoms with van der Waals surface area (Å²) in [6, 6.07) is 2.06. The fourth-order valence-corrected chi connectivity index (χ4v) is 2.57. The molecule has 0 unspecified atom stereocenters. The van der Waals surface area contributed by atoms with E-state index >= 15 is 0 Å². The van der Waals surface area contributed by atoms with E-state index in [1.807, 2.05) is 19.2 Å². The summed E-state index contributed by atoms with van der Waals surface area (Å²) in [4.78, 5) is 9.88. The van der Waals surface area contributed by atoms with E-state index in [1.54, 1.807) is 11.3 Å². The minimum atomic E-state index is 0.489. The Morgan fingerprint density at radius 1 is 1.13 bits per heavy atom. The van der Waals surface area contributed by atoms with Gasteiger partial charge in [0.15, 0.2) is 5.15 Å². The van der Waals surface area contributed by atoms with Gasteiger partial charge < -0.3 is 0 Å². The number of thiophene rings is 1. The van der Waals surface area contributed by atoms with Crippen molar-refractivity contribution >= 4 is 22.9 Å². The van der Waals surface area contributed by atoms with Gasteiger partial charge in [-0.3, -0.25) is 0 Å². The highest BCUT2D eigenvalue weighted by molar-refractivity contribution is 7.13. The van der Waals surface area contributed by atoms with Gasteiger partial charge in [-0.15, -0.1) is 11.3 Å². The molecule has 0 saturated carbocycles. The minimum Gasteiger partial charge on any atom is -0.247 e. The van der Waals surface area contributed by atoms with Crippen LogP contribution in [0.5, 0.6) is 0 Å². The molecule has 0 atom stereocenters. The molecule has 4 heteroatoms. The molecule has 0 bridgehead atoms. The van der Waals surface area contributed by atoms with Gasteiger partial charge in [-0.1, -0.05) is 11.6 Å². The summed E-state index contributed by atoms with van der Waals surface area (Å²) < 4.78 is 0. The molecule has 2 nitrogen and oxygen atoms in total. The summed E-state index contributed by atoms with van der Waals surface area (Å²) >= 11 is 7.74. The summed E-state index contributed by atoms with van der Waals surface area (Å²) in [5, 5.41) is 2.53. The minimum absolute atomic E-state index is 0.489. The number of hydrogen-bond donors (Lipinski definition) is 0. The summed E-state index contributed by atoms with van der Waals surface area (Å²) in [5.74, 6) is 0. The summed E-state index contributed by atoms with van der Waals surface area (Å²) in [7, 11) is 0. The Morgan fingerprint density at radius 3 is 2.40 bits per heavy atom. The molecular weight excluding hydrogens is 228 g/mol. The van der Waals surface area contributed by atoms with Crippen molar-refractivity contribution in [2.75, 3.05) is 0 Å². The van der Waals surface area contributed by atoms with Gasteiger partial charge in [-0.05, 0) is 37.8 Å². The maximum absolute atomic E-state index is 6.10. The Balaban J connectivity index is 2.64. The quantitative estimate of drug-likeness (QED) is 0.756. The average Bonchev–Trinajstić information content (AvgIpc) is 2.58. The number of aryl methyl sites for hydroxylation is 3. The lowest BCUT2D eigenvalue weighted by Gasteiger charge is -2.05. The SMILES string of the molecule is Cc1ccsc1-c1nc(C)c(C)nc1Cl. The molecule has 0 aromatic carbocycles. The molecule has 0 aliphatic heterocycles. The van der Waals surface area contributed by atoms with Gasteiger partial charge in [0.2, 0.25) is 0 Å². The van der Waals surface area contributed by atoms with E-state index in [-0.39, 0.29) is 0 Å². The highest BCUT2D eigenvalue weighted by atomic mass is 35.5. The fourth-order valence-electron chi connectivity index (χ4n) is 1.34. The van der Waals surface area contributed by atoms with E-state index < -0.39 is 0 Å². The largest absolute Gasteiger partial charge is 0.247 e. The van der Waals surface area contributed by atoms with Crippen LogP contribution in [-0.2, 0) is 0 Å². The molecule has 2 aromatic rings. The highest BCUT2D eigenvalue weighted by Gasteiger charge is 2.12. The van der Waals surface area contributed by atoms with Gasteiger partial charge in [0.1, 0.15) is 5.69 Å². The van der Waals surface area contributed by atoms with Crippen LogP contribution in [0.15, 0.2) is 11.4 Å². The van der Waals surface area contributed by atoms with Gasteiger partial charge in [0, 0.05) is 0 Å². The molecular formula is C11H11ClN2S.